The predicted octanol–water partition coefficient (Wildman–Crippen LogP) is 12.6. The van der Waals surface area contributed by atoms with Crippen molar-refractivity contribution in [2.75, 3.05) is 0 Å². The van der Waals surface area contributed by atoms with Gasteiger partial charge in [-0.2, -0.15) is 0 Å². The van der Waals surface area contributed by atoms with Crippen LogP contribution in [0.25, 0.3) is 103 Å². The lowest BCUT2D eigenvalue weighted by molar-refractivity contribution is 1.08. The molecule has 52 heavy (non-hydrogen) atoms. The van der Waals surface area contributed by atoms with E-state index in [1.165, 1.54) is 63.8 Å². The van der Waals surface area contributed by atoms with Crippen molar-refractivity contribution in [3.8, 4) is 39.9 Å². The second-order valence-corrected chi connectivity index (χ2v) is 14.2. The average molecular weight is 681 g/mol. The highest BCUT2D eigenvalue weighted by atomic mass is 32.1. The molecule has 0 amide bonds. The van der Waals surface area contributed by atoms with Crippen molar-refractivity contribution in [1.82, 2.24) is 19.5 Å². The van der Waals surface area contributed by atoms with Gasteiger partial charge in [-0.15, -0.1) is 11.3 Å². The molecule has 3 aromatic heterocycles. The zero-order valence-electron chi connectivity index (χ0n) is 27.9. The number of nitrogens with zero attached hydrogens (tertiary/aromatic N) is 4. The average Bonchev–Trinajstić information content (AvgIpc) is 3.78. The van der Waals surface area contributed by atoms with Crippen LogP contribution in [0.4, 0.5) is 0 Å². The zero-order valence-corrected chi connectivity index (χ0v) is 28.7. The second kappa shape index (κ2) is 11.4. The Morgan fingerprint density at radius 1 is 0.385 bits per heavy atom. The van der Waals surface area contributed by atoms with Crippen LogP contribution in [0.5, 0.6) is 0 Å². The first kappa shape index (κ1) is 29.1. The lowest BCUT2D eigenvalue weighted by atomic mass is 10.00. The minimum absolute atomic E-state index is 0.659. The zero-order chi connectivity index (χ0) is 34.2. The maximum Gasteiger partial charge on any atom is 0.164 e. The van der Waals surface area contributed by atoms with Gasteiger partial charge in [-0.1, -0.05) is 146 Å². The van der Waals surface area contributed by atoms with Crippen LogP contribution in [-0.4, -0.2) is 19.5 Å². The van der Waals surface area contributed by atoms with E-state index in [0.29, 0.717) is 17.5 Å². The quantitative estimate of drug-likeness (QED) is 0.186. The molecular weight excluding hydrogens is 653 g/mol. The smallest absolute Gasteiger partial charge is 0.164 e. The molecule has 0 bridgehead atoms. The number of aromatic nitrogens is 4. The molecule has 0 aliphatic heterocycles. The highest BCUT2D eigenvalue weighted by molar-refractivity contribution is 7.26. The molecule has 0 radical (unpaired) electrons. The Labute approximate surface area is 302 Å². The molecule has 0 aliphatic carbocycles. The van der Waals surface area contributed by atoms with Crippen molar-refractivity contribution in [1.29, 1.82) is 0 Å². The van der Waals surface area contributed by atoms with E-state index in [0.717, 1.165) is 22.1 Å². The van der Waals surface area contributed by atoms with Gasteiger partial charge in [0.2, 0.25) is 0 Å². The molecule has 0 saturated heterocycles. The fraction of sp³-hybridized carbons (Fsp3) is 0. The van der Waals surface area contributed by atoms with Crippen molar-refractivity contribution in [3.63, 3.8) is 0 Å². The van der Waals surface area contributed by atoms with E-state index in [4.69, 9.17) is 15.0 Å². The topological polar surface area (TPSA) is 43.6 Å². The molecule has 0 fully saturated rings. The van der Waals surface area contributed by atoms with Gasteiger partial charge in [0.25, 0.3) is 0 Å². The van der Waals surface area contributed by atoms with Crippen LogP contribution in [0, 0.1) is 0 Å². The first-order valence-electron chi connectivity index (χ1n) is 17.5. The molecule has 11 rings (SSSR count). The fourth-order valence-electron chi connectivity index (χ4n) is 7.93. The van der Waals surface area contributed by atoms with Crippen LogP contribution in [0.1, 0.15) is 0 Å². The molecule has 0 saturated carbocycles. The molecule has 3 heterocycles. The maximum absolute atomic E-state index is 5.13. The Hall–Kier alpha value is -6.69. The van der Waals surface area contributed by atoms with Crippen molar-refractivity contribution < 1.29 is 0 Å². The summed E-state index contributed by atoms with van der Waals surface area (Å²) in [6, 6.07) is 60.2. The van der Waals surface area contributed by atoms with Crippen molar-refractivity contribution in [3.05, 3.63) is 170 Å². The normalized spacial score (nSPS) is 11.8. The number of fused-ring (bicyclic) bond motifs is 10. The maximum atomic E-state index is 5.13. The number of hydrogen-bond donors (Lipinski definition) is 0. The Kier molecular flexibility index (Phi) is 6.39. The fourth-order valence-corrected chi connectivity index (χ4v) is 9.16. The number of hydrogen-bond acceptors (Lipinski definition) is 4. The third-order valence-electron chi connectivity index (χ3n) is 10.2. The summed E-state index contributed by atoms with van der Waals surface area (Å²) in [7, 11) is 0. The van der Waals surface area contributed by atoms with Gasteiger partial charge in [0.15, 0.2) is 17.5 Å². The predicted molar refractivity (Wildman–Crippen MR) is 218 cm³/mol. The first-order valence-corrected chi connectivity index (χ1v) is 18.3. The third kappa shape index (κ3) is 4.36. The van der Waals surface area contributed by atoms with E-state index in [9.17, 15) is 0 Å². The molecule has 0 unspecified atom stereocenters. The van der Waals surface area contributed by atoms with E-state index < -0.39 is 0 Å². The van der Waals surface area contributed by atoms with Gasteiger partial charge in [-0.25, -0.2) is 15.0 Å². The monoisotopic (exact) mass is 680 g/mol. The molecule has 0 atom stereocenters. The number of rotatable bonds is 4. The summed E-state index contributed by atoms with van der Waals surface area (Å²) < 4.78 is 4.90. The largest absolute Gasteiger partial charge is 0.308 e. The van der Waals surface area contributed by atoms with E-state index in [2.05, 4.69) is 138 Å². The molecule has 0 N–H and O–H groups in total. The van der Waals surface area contributed by atoms with Crippen molar-refractivity contribution >= 4 is 74.9 Å². The summed E-state index contributed by atoms with van der Waals surface area (Å²) in [4.78, 5) is 15.2. The summed E-state index contributed by atoms with van der Waals surface area (Å²) in [5.74, 6) is 1.98. The summed E-state index contributed by atoms with van der Waals surface area (Å²) in [6.07, 6.45) is 0. The molecule has 4 nitrogen and oxygen atoms in total. The van der Waals surface area contributed by atoms with Gasteiger partial charge in [-0.05, 0) is 45.8 Å². The molecule has 242 valence electrons. The summed E-state index contributed by atoms with van der Waals surface area (Å²) >= 11 is 1.83. The van der Waals surface area contributed by atoms with Crippen molar-refractivity contribution in [2.24, 2.45) is 0 Å². The van der Waals surface area contributed by atoms with Crippen LogP contribution >= 0.6 is 11.3 Å². The standard InChI is InChI=1S/C47H28N4S/c1-3-15-31(16-4-1)45-48-46(32-17-5-2-6-18-32)50-47(49-45)36-22-12-24-40-41(36)35-21-11-23-39(44(35)52-40)51-37-27-25-29-13-7-9-19-33(29)42(37)43-34-20-10-8-14-30(34)26-28-38(43)51/h1-28H. The molecule has 0 aliphatic rings. The Morgan fingerprint density at radius 2 is 0.904 bits per heavy atom. The Morgan fingerprint density at radius 3 is 1.52 bits per heavy atom. The Balaban J connectivity index is 1.21. The lowest BCUT2D eigenvalue weighted by Gasteiger charge is -2.11. The second-order valence-electron chi connectivity index (χ2n) is 13.2. The van der Waals surface area contributed by atoms with Crippen LogP contribution in [0.2, 0.25) is 0 Å². The van der Waals surface area contributed by atoms with Crippen LogP contribution in [-0.2, 0) is 0 Å². The van der Waals surface area contributed by atoms with Gasteiger partial charge in [0.1, 0.15) is 0 Å². The van der Waals surface area contributed by atoms with Crippen LogP contribution < -0.4 is 0 Å². The van der Waals surface area contributed by atoms with Crippen molar-refractivity contribution in [2.45, 2.75) is 0 Å². The highest BCUT2D eigenvalue weighted by Gasteiger charge is 2.22. The highest BCUT2D eigenvalue weighted by Crippen LogP contribution is 2.46. The summed E-state index contributed by atoms with van der Waals surface area (Å²) in [6.45, 7) is 0. The SMILES string of the molecule is c1ccc(-c2nc(-c3ccccc3)nc(-c3cccc4sc5c(-n6c7ccc8ccccc8c7c7c8ccccc8ccc76)cccc5c34)n2)cc1. The van der Waals surface area contributed by atoms with E-state index in [1.807, 2.05) is 47.7 Å². The minimum Gasteiger partial charge on any atom is -0.308 e. The first-order chi connectivity index (χ1) is 25.8. The van der Waals surface area contributed by atoms with Gasteiger partial charge in [0, 0.05) is 42.9 Å². The Bertz CT molecular complexity index is 3030. The molecule has 5 heteroatoms. The van der Waals surface area contributed by atoms with Gasteiger partial charge >= 0.3 is 0 Å². The third-order valence-corrected chi connectivity index (χ3v) is 11.4. The minimum atomic E-state index is 0.659. The van der Waals surface area contributed by atoms with Gasteiger partial charge in [0.05, 0.1) is 21.4 Å². The molecule has 11 aromatic rings. The number of thiophene rings is 1. The lowest BCUT2D eigenvalue weighted by Crippen LogP contribution is -2.00. The molecule has 8 aromatic carbocycles. The molecular formula is C47H28N4S. The molecule has 0 spiro atoms. The van der Waals surface area contributed by atoms with E-state index in [1.54, 1.807) is 0 Å². The summed E-state index contributed by atoms with van der Waals surface area (Å²) in [5, 5.41) is 9.94. The van der Waals surface area contributed by atoms with Gasteiger partial charge in [-0.3, -0.25) is 0 Å². The van der Waals surface area contributed by atoms with Crippen LogP contribution in [0.15, 0.2) is 170 Å². The van der Waals surface area contributed by atoms with E-state index in [-0.39, 0.29) is 0 Å². The van der Waals surface area contributed by atoms with Crippen LogP contribution in [0.3, 0.4) is 0 Å². The van der Waals surface area contributed by atoms with E-state index >= 15 is 0 Å². The number of benzene rings is 8. The summed E-state index contributed by atoms with van der Waals surface area (Å²) in [5.41, 5.74) is 6.48. The van der Waals surface area contributed by atoms with Gasteiger partial charge < -0.3 is 4.57 Å².